The van der Waals surface area contributed by atoms with E-state index in [9.17, 15) is 15.3 Å². The molecule has 1 saturated heterocycles. The highest BCUT2D eigenvalue weighted by Gasteiger charge is 2.44. The van der Waals surface area contributed by atoms with Crippen molar-refractivity contribution in [1.82, 2.24) is 5.01 Å². The van der Waals surface area contributed by atoms with Crippen LogP contribution in [0.5, 0.6) is 0 Å². The van der Waals surface area contributed by atoms with Crippen LogP contribution < -0.4 is 11.6 Å². The molecule has 1 aliphatic rings. The fourth-order valence-electron chi connectivity index (χ4n) is 2.24. The molecule has 0 aromatic rings. The topological polar surface area (TPSA) is 145 Å². The zero-order chi connectivity index (χ0) is 20.0. The Morgan fingerprint density at radius 2 is 1.60 bits per heavy atom. The molecule has 0 bridgehead atoms. The summed E-state index contributed by atoms with van der Waals surface area (Å²) in [6.07, 6.45) is -1.19. The van der Waals surface area contributed by atoms with E-state index in [1.54, 1.807) is 0 Å². The number of aliphatic hydroxyl groups is 4. The van der Waals surface area contributed by atoms with Gasteiger partial charge in [-0.15, -0.1) is 0 Å². The molecule has 8 heteroatoms. The van der Waals surface area contributed by atoms with Crippen LogP contribution in [-0.2, 0) is 4.74 Å². The zero-order valence-electron chi connectivity index (χ0n) is 16.3. The van der Waals surface area contributed by atoms with Crippen molar-refractivity contribution >= 4 is 0 Å². The zero-order valence-corrected chi connectivity index (χ0v) is 16.3. The summed E-state index contributed by atoms with van der Waals surface area (Å²) in [6.45, 7) is 9.59. The Bertz CT molecular complexity index is 342. The van der Waals surface area contributed by atoms with Gasteiger partial charge in [0.2, 0.25) is 0 Å². The number of hydrogen-bond donors (Lipinski definition) is 6. The molecule has 5 unspecified atom stereocenters. The monoisotopic (exact) mass is 365 g/mol. The third-order valence-electron chi connectivity index (χ3n) is 3.54. The van der Waals surface area contributed by atoms with Crippen molar-refractivity contribution in [2.75, 3.05) is 6.61 Å². The predicted molar refractivity (Wildman–Crippen MR) is 98.9 cm³/mol. The van der Waals surface area contributed by atoms with E-state index in [4.69, 9.17) is 21.4 Å². The molecule has 0 saturated carbocycles. The number of ether oxygens (including phenoxy) is 1. The molecule has 0 radical (unpaired) electrons. The normalized spacial score (nSPS) is 29.0. The van der Waals surface area contributed by atoms with E-state index in [2.05, 4.69) is 6.92 Å². The maximum atomic E-state index is 9.91. The van der Waals surface area contributed by atoms with Gasteiger partial charge in [0.15, 0.2) is 6.23 Å². The number of allylic oxidation sites excluding steroid dienone is 1. The van der Waals surface area contributed by atoms with E-state index < -0.39 is 37.3 Å². The van der Waals surface area contributed by atoms with Gasteiger partial charge in [0, 0.05) is 11.9 Å². The van der Waals surface area contributed by atoms with Crippen LogP contribution in [0.3, 0.4) is 0 Å². The molecule has 0 aliphatic carbocycles. The minimum Gasteiger partial charge on any atom is -0.401 e. The Balaban J connectivity index is 0. The molecule has 8 nitrogen and oxygen atoms in total. The Morgan fingerprint density at radius 3 is 2.08 bits per heavy atom. The molecule has 5 atom stereocenters. The first-order chi connectivity index (χ1) is 11.9. The largest absolute Gasteiger partial charge is 0.401 e. The molecule has 152 valence electrons. The average molecular weight is 366 g/mol. The minimum absolute atomic E-state index is 0.495. The van der Waals surface area contributed by atoms with Crippen molar-refractivity contribution in [1.29, 1.82) is 0 Å². The van der Waals surface area contributed by atoms with Crippen LogP contribution in [0.25, 0.3) is 0 Å². The van der Waals surface area contributed by atoms with Crippen LogP contribution in [0, 0.1) is 0 Å². The number of hydrogen-bond acceptors (Lipinski definition) is 8. The third-order valence-corrected chi connectivity index (χ3v) is 3.54. The lowest BCUT2D eigenvalue weighted by molar-refractivity contribution is -0.259. The fourth-order valence-corrected chi connectivity index (χ4v) is 2.24. The van der Waals surface area contributed by atoms with E-state index >= 15 is 0 Å². The Morgan fingerprint density at radius 1 is 1.04 bits per heavy atom. The standard InChI is InChI=1S/C13H27N3O5.2C2H6/c1-2-3-4-5-8(14)6-16(15)13-12(20)11(19)10(18)9(7-17)21-13;2*1-2/h6,9-13,17-20H,2-5,7,14-15H2,1H3;2*1-2H3/b8-6-;;. The van der Waals surface area contributed by atoms with Gasteiger partial charge in [-0.2, -0.15) is 0 Å². The van der Waals surface area contributed by atoms with Crippen LogP contribution in [0.2, 0.25) is 0 Å². The summed E-state index contributed by atoms with van der Waals surface area (Å²) >= 11 is 0. The number of rotatable bonds is 7. The summed E-state index contributed by atoms with van der Waals surface area (Å²) in [7, 11) is 0. The Kier molecular flexibility index (Phi) is 16.2. The van der Waals surface area contributed by atoms with E-state index in [1.807, 2.05) is 27.7 Å². The predicted octanol–water partition coefficient (Wildman–Crippen LogP) is 0.395. The van der Waals surface area contributed by atoms with Gasteiger partial charge < -0.3 is 30.9 Å². The third kappa shape index (κ3) is 8.84. The highest BCUT2D eigenvalue weighted by atomic mass is 16.6. The molecule has 1 fully saturated rings. The van der Waals surface area contributed by atoms with Gasteiger partial charge in [0.1, 0.15) is 24.4 Å². The van der Waals surface area contributed by atoms with Crippen LogP contribution in [0.4, 0.5) is 0 Å². The SMILES string of the molecule is CC.CC.CCCCC/C(N)=C/N(N)C1OC(CO)C(O)C(O)C1O. The van der Waals surface area contributed by atoms with Gasteiger partial charge in [0.25, 0.3) is 0 Å². The maximum Gasteiger partial charge on any atom is 0.172 e. The second kappa shape index (κ2) is 15.4. The molecule has 1 aliphatic heterocycles. The summed E-state index contributed by atoms with van der Waals surface area (Å²) in [5.74, 6) is 5.79. The van der Waals surface area contributed by atoms with Crippen molar-refractivity contribution in [2.24, 2.45) is 11.6 Å². The molecule has 8 N–H and O–H groups in total. The summed E-state index contributed by atoms with van der Waals surface area (Å²) in [5, 5.41) is 39.5. The lowest BCUT2D eigenvalue weighted by Crippen LogP contribution is -2.63. The second-order valence-electron chi connectivity index (χ2n) is 5.33. The summed E-state index contributed by atoms with van der Waals surface area (Å²) < 4.78 is 5.31. The summed E-state index contributed by atoms with van der Waals surface area (Å²) in [4.78, 5) is 0. The maximum absolute atomic E-state index is 9.91. The molecule has 1 rings (SSSR count). The first kappa shape index (κ1) is 26.3. The van der Waals surface area contributed by atoms with Gasteiger partial charge in [0.05, 0.1) is 6.61 Å². The first-order valence-corrected chi connectivity index (χ1v) is 9.22. The fraction of sp³-hybridized carbons (Fsp3) is 0.882. The van der Waals surface area contributed by atoms with Crippen molar-refractivity contribution in [2.45, 2.75) is 90.9 Å². The average Bonchev–Trinajstić information content (AvgIpc) is 2.63. The first-order valence-electron chi connectivity index (χ1n) is 9.22. The van der Waals surface area contributed by atoms with Crippen molar-refractivity contribution < 1.29 is 25.2 Å². The smallest absolute Gasteiger partial charge is 0.172 e. The number of nitrogens with zero attached hydrogens (tertiary/aromatic N) is 1. The number of nitrogens with two attached hydrogens (primary N) is 2. The van der Waals surface area contributed by atoms with Crippen LogP contribution >= 0.6 is 0 Å². The summed E-state index contributed by atoms with van der Waals surface area (Å²) in [6, 6.07) is 0. The number of unbranched alkanes of at least 4 members (excludes halogenated alkanes) is 2. The van der Waals surface area contributed by atoms with E-state index in [0.717, 1.165) is 24.3 Å². The number of hydrazine groups is 1. The highest BCUT2D eigenvalue weighted by Crippen LogP contribution is 2.22. The van der Waals surface area contributed by atoms with Crippen LogP contribution in [0.1, 0.15) is 60.3 Å². The van der Waals surface area contributed by atoms with E-state index in [-0.39, 0.29) is 0 Å². The van der Waals surface area contributed by atoms with Gasteiger partial charge in [-0.25, -0.2) is 5.84 Å². The Hall–Kier alpha value is -0.900. The quantitative estimate of drug-likeness (QED) is 0.216. The minimum atomic E-state index is -1.46. The van der Waals surface area contributed by atoms with Crippen molar-refractivity contribution in [3.63, 3.8) is 0 Å². The lowest BCUT2D eigenvalue weighted by Gasteiger charge is -2.42. The molecular weight excluding hydrogens is 326 g/mol. The van der Waals surface area contributed by atoms with Crippen LogP contribution in [-0.4, -0.2) is 62.7 Å². The summed E-state index contributed by atoms with van der Waals surface area (Å²) in [5.41, 5.74) is 6.37. The molecule has 0 aromatic heterocycles. The van der Waals surface area contributed by atoms with Crippen LogP contribution in [0.15, 0.2) is 11.9 Å². The molecular formula is C17H39N3O5. The number of aliphatic hydroxyl groups excluding tert-OH is 4. The second-order valence-corrected chi connectivity index (χ2v) is 5.33. The Labute approximate surface area is 152 Å². The molecule has 0 spiro atoms. The lowest BCUT2D eigenvalue weighted by atomic mass is 9.98. The highest BCUT2D eigenvalue weighted by molar-refractivity contribution is 4.99. The molecule has 0 amide bonds. The van der Waals surface area contributed by atoms with Gasteiger partial charge in [-0.3, -0.25) is 5.01 Å². The molecule has 25 heavy (non-hydrogen) atoms. The van der Waals surface area contributed by atoms with E-state index in [1.165, 1.54) is 6.20 Å². The molecule has 1 heterocycles. The van der Waals surface area contributed by atoms with Gasteiger partial charge >= 0.3 is 0 Å². The molecule has 0 aromatic carbocycles. The van der Waals surface area contributed by atoms with Gasteiger partial charge in [-0.1, -0.05) is 47.5 Å². The van der Waals surface area contributed by atoms with Gasteiger partial charge in [-0.05, 0) is 12.8 Å². The van der Waals surface area contributed by atoms with Crippen molar-refractivity contribution in [3.05, 3.63) is 11.9 Å². The van der Waals surface area contributed by atoms with E-state index in [0.29, 0.717) is 12.1 Å². The van der Waals surface area contributed by atoms with Crippen molar-refractivity contribution in [3.8, 4) is 0 Å².